The van der Waals surface area contributed by atoms with Crippen molar-refractivity contribution in [1.29, 1.82) is 0 Å². The summed E-state index contributed by atoms with van der Waals surface area (Å²) in [6, 6.07) is 5.72. The minimum absolute atomic E-state index is 0.0189. The Kier molecular flexibility index (Phi) is 3.99. The van der Waals surface area contributed by atoms with Crippen molar-refractivity contribution in [2.24, 2.45) is 0 Å². The number of furan rings is 1. The van der Waals surface area contributed by atoms with Gasteiger partial charge in [-0.1, -0.05) is 12.1 Å². The van der Waals surface area contributed by atoms with Gasteiger partial charge in [-0.25, -0.2) is 0 Å². The molecule has 18 heavy (non-hydrogen) atoms. The van der Waals surface area contributed by atoms with Crippen molar-refractivity contribution in [2.45, 2.75) is 13.5 Å². The molecule has 0 spiro atoms. The zero-order valence-electron chi connectivity index (χ0n) is 10.3. The SMILES string of the molecule is C=CCN(Cc1cccs1)C(=O)c1ccoc1C. The lowest BCUT2D eigenvalue weighted by Crippen LogP contribution is -2.30. The molecule has 0 unspecified atom stereocenters. The fourth-order valence-corrected chi connectivity index (χ4v) is 2.46. The highest BCUT2D eigenvalue weighted by Gasteiger charge is 2.18. The topological polar surface area (TPSA) is 33.5 Å². The maximum absolute atomic E-state index is 12.4. The molecule has 2 aromatic rings. The zero-order chi connectivity index (χ0) is 13.0. The minimum Gasteiger partial charge on any atom is -0.469 e. The molecule has 2 heterocycles. The van der Waals surface area contributed by atoms with Crippen molar-refractivity contribution in [1.82, 2.24) is 4.90 Å². The highest BCUT2D eigenvalue weighted by atomic mass is 32.1. The quantitative estimate of drug-likeness (QED) is 0.772. The summed E-state index contributed by atoms with van der Waals surface area (Å²) >= 11 is 1.64. The first kappa shape index (κ1) is 12.6. The molecule has 0 atom stereocenters. The summed E-state index contributed by atoms with van der Waals surface area (Å²) in [7, 11) is 0. The normalized spacial score (nSPS) is 10.3. The number of aryl methyl sites for hydroxylation is 1. The number of nitrogens with zero attached hydrogens (tertiary/aromatic N) is 1. The van der Waals surface area contributed by atoms with Gasteiger partial charge in [0.2, 0.25) is 0 Å². The van der Waals surface area contributed by atoms with Gasteiger partial charge in [-0.2, -0.15) is 0 Å². The highest BCUT2D eigenvalue weighted by molar-refractivity contribution is 7.09. The number of rotatable bonds is 5. The summed E-state index contributed by atoms with van der Waals surface area (Å²) in [5.41, 5.74) is 0.619. The summed E-state index contributed by atoms with van der Waals surface area (Å²) in [5.74, 6) is 0.634. The van der Waals surface area contributed by atoms with E-state index in [1.54, 1.807) is 41.6 Å². The van der Waals surface area contributed by atoms with Crippen LogP contribution in [0.25, 0.3) is 0 Å². The van der Waals surface area contributed by atoms with Crippen molar-refractivity contribution in [3.63, 3.8) is 0 Å². The van der Waals surface area contributed by atoms with Gasteiger partial charge in [0.15, 0.2) is 0 Å². The molecule has 0 fully saturated rings. The van der Waals surface area contributed by atoms with E-state index in [2.05, 4.69) is 6.58 Å². The van der Waals surface area contributed by atoms with Crippen LogP contribution in [0.15, 0.2) is 46.9 Å². The van der Waals surface area contributed by atoms with Gasteiger partial charge in [-0.3, -0.25) is 4.79 Å². The van der Waals surface area contributed by atoms with Crippen LogP contribution in [0.5, 0.6) is 0 Å². The lowest BCUT2D eigenvalue weighted by Gasteiger charge is -2.20. The van der Waals surface area contributed by atoms with E-state index in [-0.39, 0.29) is 5.91 Å². The van der Waals surface area contributed by atoms with Crippen LogP contribution in [0, 0.1) is 6.92 Å². The second kappa shape index (κ2) is 5.69. The average Bonchev–Trinajstić information content (AvgIpc) is 2.99. The largest absolute Gasteiger partial charge is 0.469 e. The van der Waals surface area contributed by atoms with Crippen molar-refractivity contribution >= 4 is 17.2 Å². The lowest BCUT2D eigenvalue weighted by atomic mass is 10.2. The fraction of sp³-hybridized carbons (Fsp3) is 0.214. The highest BCUT2D eigenvalue weighted by Crippen LogP contribution is 2.17. The van der Waals surface area contributed by atoms with Crippen LogP contribution in [0.1, 0.15) is 21.0 Å². The molecule has 0 aliphatic rings. The Hall–Kier alpha value is -1.81. The Morgan fingerprint density at radius 3 is 2.94 bits per heavy atom. The van der Waals surface area contributed by atoms with E-state index in [4.69, 9.17) is 4.42 Å². The number of thiophene rings is 1. The van der Waals surface area contributed by atoms with Gasteiger partial charge in [-0.05, 0) is 24.4 Å². The smallest absolute Gasteiger partial charge is 0.258 e. The molecule has 0 radical (unpaired) electrons. The Morgan fingerprint density at radius 1 is 1.56 bits per heavy atom. The van der Waals surface area contributed by atoms with Crippen molar-refractivity contribution in [3.8, 4) is 0 Å². The standard InChI is InChI=1S/C14H15NO2S/c1-3-7-15(10-12-5-4-9-18-12)14(16)13-6-8-17-11(13)2/h3-6,8-9H,1,7,10H2,2H3. The van der Waals surface area contributed by atoms with Crippen molar-refractivity contribution in [3.05, 3.63) is 58.7 Å². The molecule has 1 amide bonds. The molecule has 0 aliphatic heterocycles. The van der Waals surface area contributed by atoms with E-state index >= 15 is 0 Å². The molecule has 94 valence electrons. The monoisotopic (exact) mass is 261 g/mol. The van der Waals surface area contributed by atoms with Gasteiger partial charge < -0.3 is 9.32 Å². The van der Waals surface area contributed by atoms with Gasteiger partial charge in [0, 0.05) is 11.4 Å². The second-order valence-corrected chi connectivity index (χ2v) is 4.98. The summed E-state index contributed by atoms with van der Waals surface area (Å²) in [6.45, 7) is 6.63. The molecule has 2 aromatic heterocycles. The van der Waals surface area contributed by atoms with Gasteiger partial charge in [0.1, 0.15) is 5.76 Å². The Labute approximate surface area is 110 Å². The first-order valence-corrected chi connectivity index (χ1v) is 6.57. The Morgan fingerprint density at radius 2 is 2.39 bits per heavy atom. The van der Waals surface area contributed by atoms with Crippen LogP contribution in [0.2, 0.25) is 0 Å². The summed E-state index contributed by atoms with van der Waals surface area (Å²) in [4.78, 5) is 15.3. The first-order valence-electron chi connectivity index (χ1n) is 5.69. The third-order valence-electron chi connectivity index (χ3n) is 2.65. The van der Waals surface area contributed by atoms with Gasteiger partial charge in [-0.15, -0.1) is 17.9 Å². The summed E-state index contributed by atoms with van der Waals surface area (Å²) in [6.07, 6.45) is 3.28. The molecular weight excluding hydrogens is 246 g/mol. The molecule has 0 saturated carbocycles. The van der Waals surface area contributed by atoms with Crippen LogP contribution >= 0.6 is 11.3 Å². The van der Waals surface area contributed by atoms with Gasteiger partial charge in [0.25, 0.3) is 5.91 Å². The number of amides is 1. The Bertz CT molecular complexity index is 528. The van der Waals surface area contributed by atoms with Crippen LogP contribution in [-0.2, 0) is 6.54 Å². The van der Waals surface area contributed by atoms with E-state index in [0.29, 0.717) is 24.4 Å². The van der Waals surface area contributed by atoms with Gasteiger partial charge in [0.05, 0.1) is 18.4 Å². The fourth-order valence-electron chi connectivity index (χ4n) is 1.74. The van der Waals surface area contributed by atoms with Gasteiger partial charge >= 0.3 is 0 Å². The van der Waals surface area contributed by atoms with Crippen LogP contribution in [-0.4, -0.2) is 17.4 Å². The predicted molar refractivity (Wildman–Crippen MR) is 72.7 cm³/mol. The summed E-state index contributed by atoms with van der Waals surface area (Å²) in [5, 5.41) is 2.01. The van der Waals surface area contributed by atoms with Crippen LogP contribution in [0.3, 0.4) is 0 Å². The van der Waals surface area contributed by atoms with Crippen molar-refractivity contribution < 1.29 is 9.21 Å². The molecule has 4 heteroatoms. The molecule has 0 aromatic carbocycles. The van der Waals surface area contributed by atoms with E-state index in [0.717, 1.165) is 4.88 Å². The first-order chi connectivity index (χ1) is 8.72. The maximum Gasteiger partial charge on any atom is 0.258 e. The molecule has 0 N–H and O–H groups in total. The number of hydrogen-bond donors (Lipinski definition) is 0. The average molecular weight is 261 g/mol. The maximum atomic E-state index is 12.4. The number of carbonyl (C=O) groups excluding carboxylic acids is 1. The van der Waals surface area contributed by atoms with E-state index in [9.17, 15) is 4.79 Å². The molecule has 2 rings (SSSR count). The predicted octanol–water partition coefficient (Wildman–Crippen LogP) is 3.48. The molecule has 0 saturated heterocycles. The summed E-state index contributed by atoms with van der Waals surface area (Å²) < 4.78 is 5.18. The molecule has 0 bridgehead atoms. The Balaban J connectivity index is 2.17. The second-order valence-electron chi connectivity index (χ2n) is 3.94. The molecule has 3 nitrogen and oxygen atoms in total. The lowest BCUT2D eigenvalue weighted by molar-refractivity contribution is 0.0762. The molecular formula is C14H15NO2S. The van der Waals surface area contributed by atoms with E-state index < -0.39 is 0 Å². The van der Waals surface area contributed by atoms with E-state index in [1.165, 1.54) is 0 Å². The zero-order valence-corrected chi connectivity index (χ0v) is 11.1. The molecule has 0 aliphatic carbocycles. The number of carbonyl (C=O) groups is 1. The third kappa shape index (κ3) is 2.71. The van der Waals surface area contributed by atoms with Crippen LogP contribution < -0.4 is 0 Å². The van der Waals surface area contributed by atoms with Crippen molar-refractivity contribution in [2.75, 3.05) is 6.54 Å². The minimum atomic E-state index is -0.0189. The van der Waals surface area contributed by atoms with E-state index in [1.807, 2.05) is 17.5 Å². The van der Waals surface area contributed by atoms with Crippen LogP contribution in [0.4, 0.5) is 0 Å². The third-order valence-corrected chi connectivity index (χ3v) is 3.51. The number of hydrogen-bond acceptors (Lipinski definition) is 3.